The number of halogens is 1. The summed E-state index contributed by atoms with van der Waals surface area (Å²) in [5.74, 6) is -0.866. The van der Waals surface area contributed by atoms with Crippen LogP contribution in [0.1, 0.15) is 32.3 Å². The fraction of sp³-hybridized carbons (Fsp3) is 0.400. The van der Waals surface area contributed by atoms with Crippen LogP contribution in [0.2, 0.25) is 0 Å². The van der Waals surface area contributed by atoms with E-state index in [2.05, 4.69) is 15.8 Å². The summed E-state index contributed by atoms with van der Waals surface area (Å²) >= 11 is 0. The first-order valence-electron chi connectivity index (χ1n) is 7.04. The van der Waals surface area contributed by atoms with Crippen LogP contribution in [0.15, 0.2) is 23.3 Å². The van der Waals surface area contributed by atoms with E-state index in [1.807, 2.05) is 13.8 Å². The average Bonchev–Trinajstić information content (AvgIpc) is 2.47. The van der Waals surface area contributed by atoms with E-state index in [0.29, 0.717) is 12.0 Å². The SMILES string of the molecule is CC(C)Oc1ccc(CNC(=O)C2=NNC(=O)CC2)cc1F. The molecule has 0 aliphatic carbocycles. The van der Waals surface area contributed by atoms with Gasteiger partial charge in [0, 0.05) is 19.4 Å². The Morgan fingerprint density at radius 1 is 1.45 bits per heavy atom. The maximum Gasteiger partial charge on any atom is 0.267 e. The zero-order valence-electron chi connectivity index (χ0n) is 12.5. The third-order valence-electron chi connectivity index (χ3n) is 2.98. The van der Waals surface area contributed by atoms with Crippen molar-refractivity contribution < 1.29 is 18.7 Å². The smallest absolute Gasteiger partial charge is 0.267 e. The van der Waals surface area contributed by atoms with Gasteiger partial charge in [0.25, 0.3) is 5.91 Å². The molecule has 0 saturated heterocycles. The molecular formula is C15H18FN3O3. The van der Waals surface area contributed by atoms with E-state index in [0.717, 1.165) is 0 Å². The lowest BCUT2D eigenvalue weighted by Gasteiger charge is -2.13. The van der Waals surface area contributed by atoms with Crippen molar-refractivity contribution in [3.05, 3.63) is 29.6 Å². The Labute approximate surface area is 127 Å². The second-order valence-electron chi connectivity index (χ2n) is 5.21. The molecule has 0 spiro atoms. The number of benzene rings is 1. The van der Waals surface area contributed by atoms with Crippen LogP contribution in [0.25, 0.3) is 0 Å². The highest BCUT2D eigenvalue weighted by molar-refractivity contribution is 6.39. The van der Waals surface area contributed by atoms with Gasteiger partial charge in [-0.15, -0.1) is 0 Å². The van der Waals surface area contributed by atoms with Crippen LogP contribution >= 0.6 is 0 Å². The first-order chi connectivity index (χ1) is 10.5. The van der Waals surface area contributed by atoms with Crippen molar-refractivity contribution in [2.75, 3.05) is 0 Å². The minimum absolute atomic E-state index is 0.112. The van der Waals surface area contributed by atoms with Gasteiger partial charge in [-0.25, -0.2) is 9.82 Å². The molecule has 0 radical (unpaired) electrons. The van der Waals surface area contributed by atoms with Gasteiger partial charge in [0.2, 0.25) is 5.91 Å². The molecule has 2 N–H and O–H groups in total. The number of ether oxygens (including phenoxy) is 1. The second kappa shape index (κ2) is 7.02. The summed E-state index contributed by atoms with van der Waals surface area (Å²) < 4.78 is 19.1. The summed E-state index contributed by atoms with van der Waals surface area (Å²) in [6.07, 6.45) is 0.426. The molecule has 0 fully saturated rings. The molecule has 7 heteroatoms. The lowest BCUT2D eigenvalue weighted by Crippen LogP contribution is -2.36. The zero-order chi connectivity index (χ0) is 16.1. The summed E-state index contributed by atoms with van der Waals surface area (Å²) in [5.41, 5.74) is 3.13. The van der Waals surface area contributed by atoms with Crippen LogP contribution < -0.4 is 15.5 Å². The number of nitrogens with zero attached hydrogens (tertiary/aromatic N) is 1. The van der Waals surface area contributed by atoms with Crippen LogP contribution in [0.3, 0.4) is 0 Å². The van der Waals surface area contributed by atoms with Crippen molar-refractivity contribution in [3.8, 4) is 5.75 Å². The maximum atomic E-state index is 13.8. The molecule has 22 heavy (non-hydrogen) atoms. The Bertz CT molecular complexity index is 614. The molecule has 0 bridgehead atoms. The molecule has 1 aromatic rings. The highest BCUT2D eigenvalue weighted by Gasteiger charge is 2.18. The van der Waals surface area contributed by atoms with Crippen molar-refractivity contribution in [1.29, 1.82) is 0 Å². The number of carbonyl (C=O) groups excluding carboxylic acids is 2. The van der Waals surface area contributed by atoms with Gasteiger partial charge in [0.1, 0.15) is 5.71 Å². The number of hydrogen-bond acceptors (Lipinski definition) is 4. The molecule has 2 rings (SSSR count). The fourth-order valence-electron chi connectivity index (χ4n) is 1.93. The number of hydrogen-bond donors (Lipinski definition) is 2. The van der Waals surface area contributed by atoms with Crippen LogP contribution in [0.4, 0.5) is 4.39 Å². The monoisotopic (exact) mass is 307 g/mol. The number of rotatable bonds is 5. The summed E-state index contributed by atoms with van der Waals surface area (Å²) in [7, 11) is 0. The Morgan fingerprint density at radius 2 is 2.23 bits per heavy atom. The van der Waals surface area contributed by atoms with Crippen molar-refractivity contribution in [3.63, 3.8) is 0 Å². The van der Waals surface area contributed by atoms with Gasteiger partial charge in [-0.1, -0.05) is 6.07 Å². The molecule has 2 amide bonds. The summed E-state index contributed by atoms with van der Waals surface area (Å²) in [5, 5.41) is 6.34. The topological polar surface area (TPSA) is 79.8 Å². The van der Waals surface area contributed by atoms with Crippen molar-refractivity contribution >= 4 is 17.5 Å². The van der Waals surface area contributed by atoms with Crippen molar-refractivity contribution in [2.45, 2.75) is 39.3 Å². The molecule has 1 aromatic carbocycles. The predicted molar refractivity (Wildman–Crippen MR) is 78.8 cm³/mol. The minimum atomic E-state index is -0.470. The van der Waals surface area contributed by atoms with E-state index in [1.165, 1.54) is 12.1 Å². The fourth-order valence-corrected chi connectivity index (χ4v) is 1.93. The Morgan fingerprint density at radius 3 is 2.82 bits per heavy atom. The summed E-state index contributed by atoms with van der Waals surface area (Å²) in [4.78, 5) is 22.8. The first-order valence-corrected chi connectivity index (χ1v) is 7.04. The number of carbonyl (C=O) groups is 2. The standard InChI is InChI=1S/C15H18FN3O3/c1-9(2)22-13-5-3-10(7-11(13)16)8-17-15(21)12-4-6-14(20)19-18-12/h3,5,7,9H,4,6,8H2,1-2H3,(H,17,21)(H,19,20). The highest BCUT2D eigenvalue weighted by atomic mass is 19.1. The van der Waals surface area contributed by atoms with Gasteiger partial charge in [-0.2, -0.15) is 5.10 Å². The molecule has 1 aliphatic rings. The van der Waals surface area contributed by atoms with Gasteiger partial charge in [-0.05, 0) is 31.5 Å². The largest absolute Gasteiger partial charge is 0.488 e. The normalized spacial score (nSPS) is 14.4. The van der Waals surface area contributed by atoms with Gasteiger partial charge < -0.3 is 10.1 Å². The summed E-state index contributed by atoms with van der Waals surface area (Å²) in [6.45, 7) is 3.80. The minimum Gasteiger partial charge on any atom is -0.488 e. The molecule has 0 aromatic heterocycles. The van der Waals surface area contributed by atoms with E-state index in [4.69, 9.17) is 4.74 Å². The summed E-state index contributed by atoms with van der Waals surface area (Å²) in [6, 6.07) is 4.54. The molecule has 1 aliphatic heterocycles. The lowest BCUT2D eigenvalue weighted by molar-refractivity contribution is -0.121. The highest BCUT2D eigenvalue weighted by Crippen LogP contribution is 2.19. The second-order valence-corrected chi connectivity index (χ2v) is 5.21. The van der Waals surface area contributed by atoms with Crippen LogP contribution in [-0.4, -0.2) is 23.6 Å². The molecular weight excluding hydrogens is 289 g/mol. The number of nitrogens with one attached hydrogen (secondary N) is 2. The molecule has 0 unspecified atom stereocenters. The van der Waals surface area contributed by atoms with Gasteiger partial charge >= 0.3 is 0 Å². The molecule has 1 heterocycles. The van der Waals surface area contributed by atoms with E-state index < -0.39 is 5.82 Å². The number of hydrazone groups is 1. The first kappa shape index (κ1) is 15.9. The molecule has 6 nitrogen and oxygen atoms in total. The van der Waals surface area contributed by atoms with Crippen LogP contribution in [-0.2, 0) is 16.1 Å². The van der Waals surface area contributed by atoms with Crippen molar-refractivity contribution in [1.82, 2.24) is 10.7 Å². The van der Waals surface area contributed by atoms with Gasteiger partial charge in [-0.3, -0.25) is 9.59 Å². The molecule has 0 saturated carbocycles. The zero-order valence-corrected chi connectivity index (χ0v) is 12.5. The third kappa shape index (κ3) is 4.28. The number of amides is 2. The van der Waals surface area contributed by atoms with E-state index in [9.17, 15) is 14.0 Å². The maximum absolute atomic E-state index is 13.8. The van der Waals surface area contributed by atoms with E-state index >= 15 is 0 Å². The van der Waals surface area contributed by atoms with E-state index in [1.54, 1.807) is 6.07 Å². The quantitative estimate of drug-likeness (QED) is 0.865. The Hall–Kier alpha value is -2.44. The van der Waals surface area contributed by atoms with Gasteiger partial charge in [0.15, 0.2) is 11.6 Å². The molecule has 0 atom stereocenters. The van der Waals surface area contributed by atoms with E-state index in [-0.39, 0.29) is 42.3 Å². The van der Waals surface area contributed by atoms with Crippen LogP contribution in [0.5, 0.6) is 5.75 Å². The predicted octanol–water partition coefficient (Wildman–Crippen LogP) is 1.50. The lowest BCUT2D eigenvalue weighted by atomic mass is 10.1. The Balaban J connectivity index is 1.93. The van der Waals surface area contributed by atoms with Gasteiger partial charge in [0.05, 0.1) is 6.10 Å². The van der Waals surface area contributed by atoms with Crippen LogP contribution in [0, 0.1) is 5.82 Å². The average molecular weight is 307 g/mol. The Kier molecular flexibility index (Phi) is 5.08. The van der Waals surface area contributed by atoms with Crippen molar-refractivity contribution in [2.24, 2.45) is 5.10 Å². The molecule has 118 valence electrons. The third-order valence-corrected chi connectivity index (χ3v) is 2.98.